The summed E-state index contributed by atoms with van der Waals surface area (Å²) in [4.78, 5) is 14.0. The zero-order valence-electron chi connectivity index (χ0n) is 11.0. The monoisotopic (exact) mass is 405 g/mol. The van der Waals surface area contributed by atoms with E-state index in [1.54, 1.807) is 42.3 Å². The molecule has 0 atom stereocenters. The SMILES string of the molecule is CN(Cc1ccc(Cl)cc1Cl)C(=O)c1ccc(Cl)c(Br)c1. The summed E-state index contributed by atoms with van der Waals surface area (Å²) in [5, 5.41) is 1.67. The van der Waals surface area contributed by atoms with Gasteiger partial charge in [0.05, 0.1) is 5.02 Å². The third kappa shape index (κ3) is 4.13. The van der Waals surface area contributed by atoms with Gasteiger partial charge in [0.25, 0.3) is 5.91 Å². The van der Waals surface area contributed by atoms with Crippen molar-refractivity contribution in [1.82, 2.24) is 4.90 Å². The second-order valence-electron chi connectivity index (χ2n) is 4.53. The van der Waals surface area contributed by atoms with Crippen LogP contribution in [-0.2, 0) is 6.54 Å². The topological polar surface area (TPSA) is 20.3 Å². The van der Waals surface area contributed by atoms with Crippen LogP contribution in [0.1, 0.15) is 15.9 Å². The molecule has 0 unspecified atom stereocenters. The fourth-order valence-corrected chi connectivity index (χ4v) is 2.79. The van der Waals surface area contributed by atoms with Gasteiger partial charge in [0, 0.05) is 33.7 Å². The molecule has 0 aliphatic carbocycles. The summed E-state index contributed by atoms with van der Waals surface area (Å²) >= 11 is 21.2. The van der Waals surface area contributed by atoms with E-state index in [-0.39, 0.29) is 5.91 Å². The molecule has 0 N–H and O–H groups in total. The Morgan fingerprint density at radius 2 is 1.81 bits per heavy atom. The summed E-state index contributed by atoms with van der Waals surface area (Å²) in [7, 11) is 1.72. The molecular weight excluding hydrogens is 396 g/mol. The first-order chi connectivity index (χ1) is 9.88. The van der Waals surface area contributed by atoms with E-state index >= 15 is 0 Å². The molecule has 21 heavy (non-hydrogen) atoms. The number of carbonyl (C=O) groups is 1. The summed E-state index contributed by atoms with van der Waals surface area (Å²) in [6, 6.07) is 10.3. The van der Waals surface area contributed by atoms with Crippen LogP contribution in [0.25, 0.3) is 0 Å². The molecule has 1 amide bonds. The molecule has 0 saturated heterocycles. The van der Waals surface area contributed by atoms with Crippen molar-refractivity contribution in [3.63, 3.8) is 0 Å². The Morgan fingerprint density at radius 3 is 2.43 bits per heavy atom. The van der Waals surface area contributed by atoms with Crippen molar-refractivity contribution in [2.24, 2.45) is 0 Å². The number of nitrogens with zero attached hydrogens (tertiary/aromatic N) is 1. The number of halogens is 4. The standard InChI is InChI=1S/C15H11BrCl3NO/c1-20(8-10-2-4-11(17)7-14(10)19)15(21)9-3-5-13(18)12(16)6-9/h2-7H,8H2,1H3. The molecule has 0 bridgehead atoms. The van der Waals surface area contributed by atoms with E-state index in [0.717, 1.165) is 5.56 Å². The Balaban J connectivity index is 2.17. The van der Waals surface area contributed by atoms with Gasteiger partial charge in [-0.3, -0.25) is 4.79 Å². The summed E-state index contributed by atoms with van der Waals surface area (Å²) in [5.41, 5.74) is 1.39. The second kappa shape index (κ2) is 7.01. The number of benzene rings is 2. The molecule has 0 aromatic heterocycles. The van der Waals surface area contributed by atoms with Crippen LogP contribution in [0.5, 0.6) is 0 Å². The summed E-state index contributed by atoms with van der Waals surface area (Å²) in [5.74, 6) is -0.113. The molecule has 0 spiro atoms. The zero-order valence-corrected chi connectivity index (χ0v) is 14.9. The van der Waals surface area contributed by atoms with Crippen LogP contribution in [-0.4, -0.2) is 17.9 Å². The second-order valence-corrected chi connectivity index (χ2v) is 6.63. The third-order valence-corrected chi connectivity index (χ3v) is 4.74. The number of rotatable bonds is 3. The number of hydrogen-bond acceptors (Lipinski definition) is 1. The maximum atomic E-state index is 12.4. The molecule has 0 saturated carbocycles. The van der Waals surface area contributed by atoms with Gasteiger partial charge in [0.2, 0.25) is 0 Å². The predicted molar refractivity (Wildman–Crippen MR) is 91.4 cm³/mol. The van der Waals surface area contributed by atoms with Gasteiger partial charge in [-0.05, 0) is 51.8 Å². The lowest BCUT2D eigenvalue weighted by molar-refractivity contribution is 0.0785. The van der Waals surface area contributed by atoms with Crippen molar-refractivity contribution in [3.8, 4) is 0 Å². The van der Waals surface area contributed by atoms with Gasteiger partial charge in [0.15, 0.2) is 0 Å². The molecule has 2 aromatic carbocycles. The van der Waals surface area contributed by atoms with E-state index in [0.29, 0.717) is 31.6 Å². The number of amides is 1. The third-order valence-electron chi connectivity index (χ3n) is 2.94. The fourth-order valence-electron chi connectivity index (χ4n) is 1.83. The Hall–Kier alpha value is -0.740. The van der Waals surface area contributed by atoms with E-state index in [4.69, 9.17) is 34.8 Å². The fraction of sp³-hybridized carbons (Fsp3) is 0.133. The first-order valence-corrected chi connectivity index (χ1v) is 7.95. The van der Waals surface area contributed by atoms with Gasteiger partial charge in [-0.1, -0.05) is 40.9 Å². The first kappa shape index (κ1) is 16.6. The smallest absolute Gasteiger partial charge is 0.253 e. The Bertz CT molecular complexity index is 691. The molecule has 2 nitrogen and oxygen atoms in total. The van der Waals surface area contributed by atoms with Crippen molar-refractivity contribution in [2.75, 3.05) is 7.05 Å². The highest BCUT2D eigenvalue weighted by Crippen LogP contribution is 2.25. The van der Waals surface area contributed by atoms with E-state index in [9.17, 15) is 4.79 Å². The highest BCUT2D eigenvalue weighted by Gasteiger charge is 2.14. The largest absolute Gasteiger partial charge is 0.337 e. The molecule has 0 heterocycles. The van der Waals surface area contributed by atoms with E-state index in [1.165, 1.54) is 0 Å². The highest BCUT2D eigenvalue weighted by molar-refractivity contribution is 9.10. The molecule has 6 heteroatoms. The van der Waals surface area contributed by atoms with Crippen molar-refractivity contribution >= 4 is 56.6 Å². The first-order valence-electron chi connectivity index (χ1n) is 6.03. The minimum Gasteiger partial charge on any atom is -0.337 e. The van der Waals surface area contributed by atoms with Crippen LogP contribution >= 0.6 is 50.7 Å². The van der Waals surface area contributed by atoms with Crippen LogP contribution in [0.4, 0.5) is 0 Å². The van der Waals surface area contributed by atoms with Gasteiger partial charge < -0.3 is 4.90 Å². The van der Waals surface area contributed by atoms with Gasteiger partial charge >= 0.3 is 0 Å². The lowest BCUT2D eigenvalue weighted by Crippen LogP contribution is -2.26. The van der Waals surface area contributed by atoms with Crippen molar-refractivity contribution in [2.45, 2.75) is 6.54 Å². The van der Waals surface area contributed by atoms with Gasteiger partial charge in [0.1, 0.15) is 0 Å². The lowest BCUT2D eigenvalue weighted by atomic mass is 10.1. The average Bonchev–Trinajstić information content (AvgIpc) is 2.44. The van der Waals surface area contributed by atoms with Crippen molar-refractivity contribution < 1.29 is 4.79 Å². The van der Waals surface area contributed by atoms with Crippen LogP contribution in [0.2, 0.25) is 15.1 Å². The van der Waals surface area contributed by atoms with E-state index in [2.05, 4.69) is 15.9 Å². The van der Waals surface area contributed by atoms with Crippen molar-refractivity contribution in [3.05, 3.63) is 67.1 Å². The quantitative estimate of drug-likeness (QED) is 0.641. The Morgan fingerprint density at radius 1 is 1.10 bits per heavy atom. The number of carbonyl (C=O) groups excluding carboxylic acids is 1. The van der Waals surface area contributed by atoms with Crippen LogP contribution < -0.4 is 0 Å². The van der Waals surface area contributed by atoms with Crippen molar-refractivity contribution in [1.29, 1.82) is 0 Å². The molecule has 2 aromatic rings. The maximum Gasteiger partial charge on any atom is 0.253 e. The molecule has 110 valence electrons. The average molecular weight is 408 g/mol. The van der Waals surface area contributed by atoms with Crippen LogP contribution in [0.15, 0.2) is 40.9 Å². The summed E-state index contributed by atoms with van der Waals surface area (Å²) in [6.45, 7) is 0.398. The summed E-state index contributed by atoms with van der Waals surface area (Å²) in [6.07, 6.45) is 0. The molecule has 0 fully saturated rings. The Labute approximate surface area is 146 Å². The van der Waals surface area contributed by atoms with E-state index in [1.807, 2.05) is 6.07 Å². The van der Waals surface area contributed by atoms with Crippen LogP contribution in [0, 0.1) is 0 Å². The van der Waals surface area contributed by atoms with Gasteiger partial charge in [-0.15, -0.1) is 0 Å². The summed E-state index contributed by atoms with van der Waals surface area (Å²) < 4.78 is 0.688. The highest BCUT2D eigenvalue weighted by atomic mass is 79.9. The van der Waals surface area contributed by atoms with E-state index < -0.39 is 0 Å². The minimum absolute atomic E-state index is 0.113. The van der Waals surface area contributed by atoms with Crippen LogP contribution in [0.3, 0.4) is 0 Å². The minimum atomic E-state index is -0.113. The maximum absolute atomic E-state index is 12.4. The normalized spacial score (nSPS) is 10.5. The zero-order chi connectivity index (χ0) is 15.6. The number of hydrogen-bond donors (Lipinski definition) is 0. The molecular formula is C15H11BrCl3NO. The lowest BCUT2D eigenvalue weighted by Gasteiger charge is -2.18. The molecule has 0 aliphatic heterocycles. The molecule has 0 radical (unpaired) electrons. The van der Waals surface area contributed by atoms with Gasteiger partial charge in [-0.2, -0.15) is 0 Å². The Kier molecular flexibility index (Phi) is 5.55. The predicted octanol–water partition coefficient (Wildman–Crippen LogP) is 5.68. The van der Waals surface area contributed by atoms with Gasteiger partial charge in [-0.25, -0.2) is 0 Å². The molecule has 2 rings (SSSR count). The molecule has 0 aliphatic rings.